The summed E-state index contributed by atoms with van der Waals surface area (Å²) in [6.07, 6.45) is 3.15. The molecule has 0 saturated heterocycles. The summed E-state index contributed by atoms with van der Waals surface area (Å²) in [6.45, 7) is 0.514. The lowest BCUT2D eigenvalue weighted by Gasteiger charge is -2.06. The molecule has 0 aliphatic heterocycles. The summed E-state index contributed by atoms with van der Waals surface area (Å²) in [6, 6.07) is 8.04. The number of aromatic amines is 1. The van der Waals surface area contributed by atoms with E-state index in [2.05, 4.69) is 19.9 Å². The molecule has 18 heavy (non-hydrogen) atoms. The first-order chi connectivity index (χ1) is 8.88. The number of nitrogens with one attached hydrogen (secondary N) is 1. The monoisotopic (exact) mass is 257 g/mol. The molecule has 2 aromatic heterocycles. The molecule has 6 heteroatoms. The topological polar surface area (TPSA) is 80.5 Å². The van der Waals surface area contributed by atoms with Gasteiger partial charge in [-0.1, -0.05) is 30.0 Å². The van der Waals surface area contributed by atoms with Crippen LogP contribution in [0.5, 0.6) is 0 Å². The average molecular weight is 257 g/mol. The second-order valence-corrected chi connectivity index (χ2v) is 4.72. The van der Waals surface area contributed by atoms with Gasteiger partial charge in [0.15, 0.2) is 5.65 Å². The SMILES string of the molecule is NCc1ccccc1Sc1ncnc2nc[nH]c12. The number of rotatable bonds is 3. The molecule has 2 heterocycles. The van der Waals surface area contributed by atoms with Crippen molar-refractivity contribution < 1.29 is 0 Å². The average Bonchev–Trinajstić information content (AvgIpc) is 2.89. The fourth-order valence-corrected chi connectivity index (χ4v) is 2.69. The number of hydrogen-bond donors (Lipinski definition) is 2. The first kappa shape index (κ1) is 11.2. The molecule has 0 amide bonds. The third-order valence-electron chi connectivity index (χ3n) is 2.59. The maximum atomic E-state index is 5.73. The van der Waals surface area contributed by atoms with Crippen molar-refractivity contribution in [2.24, 2.45) is 5.73 Å². The summed E-state index contributed by atoms with van der Waals surface area (Å²) in [7, 11) is 0. The molecule has 90 valence electrons. The van der Waals surface area contributed by atoms with Gasteiger partial charge >= 0.3 is 0 Å². The van der Waals surface area contributed by atoms with E-state index in [9.17, 15) is 0 Å². The van der Waals surface area contributed by atoms with E-state index in [-0.39, 0.29) is 0 Å². The normalized spacial score (nSPS) is 10.9. The Kier molecular flexibility index (Phi) is 2.95. The van der Waals surface area contributed by atoms with Gasteiger partial charge in [0.25, 0.3) is 0 Å². The molecule has 3 aromatic rings. The zero-order chi connectivity index (χ0) is 12.4. The number of aromatic nitrogens is 4. The summed E-state index contributed by atoms with van der Waals surface area (Å²) in [5, 5.41) is 0.860. The lowest BCUT2D eigenvalue weighted by atomic mass is 10.2. The van der Waals surface area contributed by atoms with E-state index in [1.54, 1.807) is 18.1 Å². The molecule has 0 saturated carbocycles. The fraction of sp³-hybridized carbons (Fsp3) is 0.0833. The van der Waals surface area contributed by atoms with Crippen LogP contribution in [0.4, 0.5) is 0 Å². The molecule has 0 atom stereocenters. The highest BCUT2D eigenvalue weighted by molar-refractivity contribution is 7.99. The van der Waals surface area contributed by atoms with Crippen molar-refractivity contribution in [1.29, 1.82) is 0 Å². The fourth-order valence-electron chi connectivity index (χ4n) is 1.70. The van der Waals surface area contributed by atoms with Crippen molar-refractivity contribution >= 4 is 22.9 Å². The van der Waals surface area contributed by atoms with Crippen molar-refractivity contribution in [3.05, 3.63) is 42.5 Å². The smallest absolute Gasteiger partial charge is 0.181 e. The lowest BCUT2D eigenvalue weighted by molar-refractivity contribution is 1.02. The molecule has 0 unspecified atom stereocenters. The first-order valence-corrected chi connectivity index (χ1v) is 6.30. The van der Waals surface area contributed by atoms with Gasteiger partial charge in [-0.2, -0.15) is 0 Å². The van der Waals surface area contributed by atoms with Gasteiger partial charge in [-0.25, -0.2) is 15.0 Å². The number of imidazole rings is 1. The summed E-state index contributed by atoms with van der Waals surface area (Å²) in [5.74, 6) is 0. The molecule has 0 radical (unpaired) electrons. The van der Waals surface area contributed by atoms with E-state index in [4.69, 9.17) is 5.73 Å². The van der Waals surface area contributed by atoms with Crippen LogP contribution in [0.2, 0.25) is 0 Å². The van der Waals surface area contributed by atoms with Crippen LogP contribution in [0, 0.1) is 0 Å². The van der Waals surface area contributed by atoms with Gasteiger partial charge < -0.3 is 10.7 Å². The molecule has 0 aliphatic carbocycles. The van der Waals surface area contributed by atoms with Crippen LogP contribution < -0.4 is 5.73 Å². The van der Waals surface area contributed by atoms with Crippen molar-refractivity contribution in [2.45, 2.75) is 16.5 Å². The van der Waals surface area contributed by atoms with Gasteiger partial charge in [0.1, 0.15) is 16.9 Å². The van der Waals surface area contributed by atoms with Crippen LogP contribution in [0.3, 0.4) is 0 Å². The molecule has 0 fully saturated rings. The Bertz CT molecular complexity index is 679. The molecule has 3 N–H and O–H groups in total. The zero-order valence-corrected chi connectivity index (χ0v) is 10.3. The lowest BCUT2D eigenvalue weighted by Crippen LogP contribution is -1.98. The summed E-state index contributed by atoms with van der Waals surface area (Å²) >= 11 is 1.57. The first-order valence-electron chi connectivity index (χ1n) is 5.48. The number of benzene rings is 1. The van der Waals surface area contributed by atoms with Gasteiger partial charge in [0, 0.05) is 11.4 Å². The predicted molar refractivity (Wildman–Crippen MR) is 70.1 cm³/mol. The van der Waals surface area contributed by atoms with E-state index in [1.165, 1.54) is 6.33 Å². The highest BCUT2D eigenvalue weighted by atomic mass is 32.2. The molecule has 3 rings (SSSR count). The van der Waals surface area contributed by atoms with Crippen LogP contribution in [0.1, 0.15) is 5.56 Å². The number of H-pyrrole nitrogens is 1. The van der Waals surface area contributed by atoms with E-state index in [0.717, 1.165) is 21.0 Å². The Morgan fingerprint density at radius 2 is 2.06 bits per heavy atom. The Morgan fingerprint density at radius 3 is 2.94 bits per heavy atom. The minimum absolute atomic E-state index is 0.514. The maximum absolute atomic E-state index is 5.73. The summed E-state index contributed by atoms with van der Waals surface area (Å²) < 4.78 is 0. The van der Waals surface area contributed by atoms with Crippen LogP contribution in [0.15, 0.2) is 46.8 Å². The number of hydrogen-bond acceptors (Lipinski definition) is 5. The van der Waals surface area contributed by atoms with Gasteiger partial charge in [-0.15, -0.1) is 0 Å². The Balaban J connectivity index is 2.04. The highest BCUT2D eigenvalue weighted by Gasteiger charge is 2.09. The molecule has 0 bridgehead atoms. The maximum Gasteiger partial charge on any atom is 0.181 e. The van der Waals surface area contributed by atoms with Crippen LogP contribution in [-0.4, -0.2) is 19.9 Å². The van der Waals surface area contributed by atoms with E-state index < -0.39 is 0 Å². The zero-order valence-electron chi connectivity index (χ0n) is 9.50. The molecular weight excluding hydrogens is 246 g/mol. The van der Waals surface area contributed by atoms with Crippen molar-refractivity contribution in [3.8, 4) is 0 Å². The summed E-state index contributed by atoms with van der Waals surface area (Å²) in [5.41, 5.74) is 8.37. The number of nitrogens with two attached hydrogens (primary N) is 1. The molecule has 0 spiro atoms. The summed E-state index contributed by atoms with van der Waals surface area (Å²) in [4.78, 5) is 16.7. The molecule has 1 aromatic carbocycles. The molecule has 0 aliphatic rings. The van der Waals surface area contributed by atoms with Gasteiger partial charge in [0.2, 0.25) is 0 Å². The minimum atomic E-state index is 0.514. The second-order valence-electron chi connectivity index (χ2n) is 3.69. The Morgan fingerprint density at radius 1 is 1.17 bits per heavy atom. The third-order valence-corrected chi connectivity index (χ3v) is 3.71. The van der Waals surface area contributed by atoms with Crippen LogP contribution >= 0.6 is 11.8 Å². The number of fused-ring (bicyclic) bond motifs is 1. The van der Waals surface area contributed by atoms with Crippen LogP contribution in [0.25, 0.3) is 11.2 Å². The van der Waals surface area contributed by atoms with E-state index >= 15 is 0 Å². The number of nitrogens with zero attached hydrogens (tertiary/aromatic N) is 3. The predicted octanol–water partition coefficient (Wildman–Crippen LogP) is 1.96. The Labute approximate surface area is 108 Å². The Hall–Kier alpha value is -1.92. The molecule has 5 nitrogen and oxygen atoms in total. The van der Waals surface area contributed by atoms with E-state index in [0.29, 0.717) is 12.2 Å². The minimum Gasteiger partial charge on any atom is -0.341 e. The van der Waals surface area contributed by atoms with Gasteiger partial charge in [0.05, 0.1) is 6.33 Å². The molecular formula is C12H11N5S. The highest BCUT2D eigenvalue weighted by Crippen LogP contribution is 2.31. The second kappa shape index (κ2) is 4.75. The quantitative estimate of drug-likeness (QED) is 0.701. The van der Waals surface area contributed by atoms with E-state index in [1.807, 2.05) is 24.3 Å². The van der Waals surface area contributed by atoms with Crippen molar-refractivity contribution in [1.82, 2.24) is 19.9 Å². The standard InChI is InChI=1S/C12H11N5S/c13-5-8-3-1-2-4-9(8)18-12-10-11(15-6-14-10)16-7-17-12/h1-4,6-7H,5,13H2,(H,14,15,16,17). The third kappa shape index (κ3) is 1.96. The van der Waals surface area contributed by atoms with Gasteiger partial charge in [-0.05, 0) is 11.6 Å². The van der Waals surface area contributed by atoms with Crippen LogP contribution in [-0.2, 0) is 6.54 Å². The van der Waals surface area contributed by atoms with Gasteiger partial charge in [-0.3, -0.25) is 0 Å². The largest absolute Gasteiger partial charge is 0.341 e. The van der Waals surface area contributed by atoms with Crippen molar-refractivity contribution in [3.63, 3.8) is 0 Å². The van der Waals surface area contributed by atoms with Crippen molar-refractivity contribution in [2.75, 3.05) is 0 Å².